The van der Waals surface area contributed by atoms with Crippen molar-refractivity contribution in [2.45, 2.75) is 50.5 Å². The minimum Gasteiger partial charge on any atom is -0.382 e. The fourth-order valence-corrected chi connectivity index (χ4v) is 5.03. The number of anilines is 1. The van der Waals surface area contributed by atoms with Crippen molar-refractivity contribution in [2.24, 2.45) is 12.5 Å². The first-order valence-electron chi connectivity index (χ1n) is 10.4. The number of hydrogen-bond donors (Lipinski definition) is 3. The summed E-state index contributed by atoms with van der Waals surface area (Å²) in [5.74, 6) is 0. The average molecular weight is 427 g/mol. The van der Waals surface area contributed by atoms with Crippen LogP contribution in [0.15, 0.2) is 46.3 Å². The lowest BCUT2D eigenvalue weighted by atomic mass is 9.75. The van der Waals surface area contributed by atoms with Gasteiger partial charge < -0.3 is 14.9 Å². The van der Waals surface area contributed by atoms with Gasteiger partial charge in [-0.15, -0.1) is 0 Å². The summed E-state index contributed by atoms with van der Waals surface area (Å²) in [6.45, 7) is 4.64. The summed E-state index contributed by atoms with van der Waals surface area (Å²) in [6.07, 6.45) is 9.59. The first-order valence-corrected chi connectivity index (χ1v) is 12.3. The number of aromatic amines is 1. The zero-order valence-corrected chi connectivity index (χ0v) is 18.9. The van der Waals surface area contributed by atoms with E-state index in [1.54, 1.807) is 23.9 Å². The minimum atomic E-state index is -2.86. The highest BCUT2D eigenvalue weighted by Crippen LogP contribution is 2.39. The van der Waals surface area contributed by atoms with E-state index in [1.807, 2.05) is 24.4 Å². The summed E-state index contributed by atoms with van der Waals surface area (Å²) in [5, 5.41) is 4.53. The van der Waals surface area contributed by atoms with Gasteiger partial charge in [0.15, 0.2) is 0 Å². The van der Waals surface area contributed by atoms with Crippen LogP contribution in [0.3, 0.4) is 0 Å². The number of aromatic nitrogens is 2. The Kier molecular flexibility index (Phi) is 5.04. The fourth-order valence-electron chi connectivity index (χ4n) is 4.36. The second kappa shape index (κ2) is 7.30. The quantitative estimate of drug-likeness (QED) is 0.551. The normalized spacial score (nSPS) is 18.9. The van der Waals surface area contributed by atoms with Crippen LogP contribution in [0.2, 0.25) is 0 Å². The number of rotatable bonds is 4. The summed E-state index contributed by atoms with van der Waals surface area (Å²) >= 11 is 0. The Bertz CT molecular complexity index is 1260. The van der Waals surface area contributed by atoms with E-state index >= 15 is 0 Å². The van der Waals surface area contributed by atoms with Crippen molar-refractivity contribution < 1.29 is 4.21 Å². The summed E-state index contributed by atoms with van der Waals surface area (Å²) in [5.41, 5.74) is 3.57. The molecule has 0 amide bonds. The van der Waals surface area contributed by atoms with E-state index in [4.69, 9.17) is 4.78 Å². The Hall–Kier alpha value is -2.54. The first-order chi connectivity index (χ1) is 14.0. The van der Waals surface area contributed by atoms with Gasteiger partial charge in [0.05, 0.1) is 9.73 Å². The molecule has 6 nitrogen and oxygen atoms in total. The van der Waals surface area contributed by atoms with Gasteiger partial charge >= 0.3 is 0 Å². The van der Waals surface area contributed by atoms with E-state index in [0.717, 1.165) is 35.0 Å². The van der Waals surface area contributed by atoms with E-state index in [2.05, 4.69) is 24.1 Å². The lowest BCUT2D eigenvalue weighted by molar-refractivity contribution is 0.232. The summed E-state index contributed by atoms with van der Waals surface area (Å²) in [7, 11) is -1.13. The van der Waals surface area contributed by atoms with Gasteiger partial charge in [0.2, 0.25) is 0 Å². The SMILES string of the molecule is Cn1cc(-c2cc(S(C)(=N)=O)ccc2NC2CCC(C)(C)CC2)c2cc[nH]c2c1=O. The highest BCUT2D eigenvalue weighted by molar-refractivity contribution is 7.91. The molecule has 1 unspecified atom stereocenters. The Balaban J connectivity index is 1.84. The zero-order chi connectivity index (χ0) is 21.7. The molecule has 1 atom stereocenters. The van der Waals surface area contributed by atoms with Crippen molar-refractivity contribution in [3.05, 3.63) is 47.0 Å². The predicted molar refractivity (Wildman–Crippen MR) is 124 cm³/mol. The zero-order valence-electron chi connectivity index (χ0n) is 18.0. The van der Waals surface area contributed by atoms with E-state index in [-0.39, 0.29) is 5.56 Å². The molecular formula is C23H30N4O2S. The molecule has 2 heterocycles. The van der Waals surface area contributed by atoms with Gasteiger partial charge in [-0.2, -0.15) is 0 Å². The van der Waals surface area contributed by atoms with Gasteiger partial charge in [-0.3, -0.25) is 4.79 Å². The second-order valence-electron chi connectivity index (χ2n) is 9.36. The van der Waals surface area contributed by atoms with Gasteiger partial charge in [-0.25, -0.2) is 8.99 Å². The van der Waals surface area contributed by atoms with Crippen LogP contribution in [-0.2, 0) is 16.8 Å². The van der Waals surface area contributed by atoms with Crippen LogP contribution in [0, 0.1) is 10.2 Å². The molecule has 1 fully saturated rings. The van der Waals surface area contributed by atoms with Crippen LogP contribution >= 0.6 is 0 Å². The number of fused-ring (bicyclic) bond motifs is 1. The smallest absolute Gasteiger partial charge is 0.274 e. The Morgan fingerprint density at radius 3 is 2.57 bits per heavy atom. The molecule has 0 radical (unpaired) electrons. The molecule has 1 aromatic carbocycles. The molecule has 1 aliphatic carbocycles. The number of aryl methyl sites for hydroxylation is 1. The number of nitrogens with zero attached hydrogens (tertiary/aromatic N) is 1. The number of hydrogen-bond acceptors (Lipinski definition) is 4. The highest BCUT2D eigenvalue weighted by atomic mass is 32.2. The molecule has 30 heavy (non-hydrogen) atoms. The van der Waals surface area contributed by atoms with Crippen LogP contribution < -0.4 is 10.9 Å². The van der Waals surface area contributed by atoms with Crippen LogP contribution in [0.4, 0.5) is 5.69 Å². The minimum absolute atomic E-state index is 0.0845. The molecular weight excluding hydrogens is 396 g/mol. The number of nitrogens with one attached hydrogen (secondary N) is 3. The van der Waals surface area contributed by atoms with E-state index < -0.39 is 9.73 Å². The Labute approximate surface area is 177 Å². The molecule has 0 aliphatic heterocycles. The van der Waals surface area contributed by atoms with E-state index in [9.17, 15) is 9.00 Å². The topological polar surface area (TPSA) is 90.7 Å². The molecule has 0 spiro atoms. The van der Waals surface area contributed by atoms with Crippen molar-refractivity contribution in [2.75, 3.05) is 11.6 Å². The third-order valence-corrected chi connectivity index (χ3v) is 7.48. The van der Waals surface area contributed by atoms with Crippen LogP contribution in [0.1, 0.15) is 39.5 Å². The van der Waals surface area contributed by atoms with Gasteiger partial charge in [0.1, 0.15) is 5.52 Å². The van der Waals surface area contributed by atoms with Gasteiger partial charge in [0.25, 0.3) is 5.56 Å². The van der Waals surface area contributed by atoms with Gasteiger partial charge in [0, 0.05) is 58.8 Å². The largest absolute Gasteiger partial charge is 0.382 e. The van der Waals surface area contributed by atoms with Crippen LogP contribution in [-0.4, -0.2) is 26.1 Å². The van der Waals surface area contributed by atoms with Gasteiger partial charge in [-0.05, 0) is 55.4 Å². The van der Waals surface area contributed by atoms with Crippen molar-refractivity contribution in [3.63, 3.8) is 0 Å². The summed E-state index contributed by atoms with van der Waals surface area (Å²) in [6, 6.07) is 7.83. The monoisotopic (exact) mass is 426 g/mol. The molecule has 3 N–H and O–H groups in total. The molecule has 1 saturated carbocycles. The number of benzene rings is 1. The lowest BCUT2D eigenvalue weighted by Crippen LogP contribution is -2.30. The number of H-pyrrole nitrogens is 1. The Morgan fingerprint density at radius 2 is 1.90 bits per heavy atom. The Morgan fingerprint density at radius 1 is 1.20 bits per heavy atom. The maximum Gasteiger partial charge on any atom is 0.274 e. The third kappa shape index (κ3) is 3.90. The van der Waals surface area contributed by atoms with Crippen LogP contribution in [0.25, 0.3) is 22.0 Å². The molecule has 4 rings (SSSR count). The van der Waals surface area contributed by atoms with Crippen LogP contribution in [0.5, 0.6) is 0 Å². The maximum absolute atomic E-state index is 12.5. The highest BCUT2D eigenvalue weighted by Gasteiger charge is 2.27. The molecule has 2 aromatic heterocycles. The lowest BCUT2D eigenvalue weighted by Gasteiger charge is -2.35. The van der Waals surface area contributed by atoms with Crippen molar-refractivity contribution in [1.82, 2.24) is 9.55 Å². The molecule has 1 aliphatic rings. The summed E-state index contributed by atoms with van der Waals surface area (Å²) in [4.78, 5) is 16.0. The third-order valence-electron chi connectivity index (χ3n) is 6.32. The molecule has 160 valence electrons. The molecule has 0 saturated heterocycles. The average Bonchev–Trinajstić information content (AvgIpc) is 3.16. The maximum atomic E-state index is 12.5. The molecule has 3 aromatic rings. The second-order valence-corrected chi connectivity index (χ2v) is 11.5. The van der Waals surface area contributed by atoms with Crippen molar-refractivity contribution >= 4 is 26.3 Å². The molecule has 7 heteroatoms. The summed E-state index contributed by atoms with van der Waals surface area (Å²) < 4.78 is 22.1. The predicted octanol–water partition coefficient (Wildman–Crippen LogP) is 4.95. The standard InChI is InChI=1S/C23H30N4O2S/c1-23(2)10-7-15(8-11-23)26-20-6-5-16(30(4,24)29)13-18(20)19-14-27(3)22(28)21-17(19)9-12-25-21/h5-6,9,12-15,24-26H,7-8,10-11H2,1-4H3. The van der Waals surface area contributed by atoms with E-state index in [0.29, 0.717) is 21.9 Å². The first kappa shape index (κ1) is 20.7. The van der Waals surface area contributed by atoms with Gasteiger partial charge in [-0.1, -0.05) is 13.8 Å². The van der Waals surface area contributed by atoms with E-state index in [1.165, 1.54) is 19.1 Å². The fraction of sp³-hybridized carbons (Fsp3) is 0.435. The number of pyridine rings is 1. The molecule has 0 bridgehead atoms. The van der Waals surface area contributed by atoms with Crippen molar-refractivity contribution in [3.8, 4) is 11.1 Å². The van der Waals surface area contributed by atoms with Crippen molar-refractivity contribution in [1.29, 1.82) is 4.78 Å².